The van der Waals surface area contributed by atoms with Crippen LogP contribution in [0.3, 0.4) is 0 Å². The molecule has 0 saturated heterocycles. The van der Waals surface area contributed by atoms with Crippen LogP contribution in [0.2, 0.25) is 0 Å². The molecule has 0 unspecified atom stereocenters. The van der Waals surface area contributed by atoms with Crippen LogP contribution in [0.4, 0.5) is 0 Å². The van der Waals surface area contributed by atoms with Crippen molar-refractivity contribution in [3.05, 3.63) is 83.4 Å². The smallest absolute Gasteiger partial charge is 0.0165 e. The highest BCUT2D eigenvalue weighted by atomic mass is 14.4. The van der Waals surface area contributed by atoms with Gasteiger partial charge < -0.3 is 0 Å². The molecular weight excluding hydrogens is 276 g/mol. The largest absolute Gasteiger partial charge is 0.0622 e. The summed E-state index contributed by atoms with van der Waals surface area (Å²) in [5.41, 5.74) is 9.99. The Hall–Kier alpha value is -2.34. The second kappa shape index (κ2) is 5.09. The number of fused-ring (bicyclic) bond motifs is 3. The lowest BCUT2D eigenvalue weighted by Crippen LogP contribution is -2.17. The summed E-state index contributed by atoms with van der Waals surface area (Å²) >= 11 is 0. The zero-order valence-corrected chi connectivity index (χ0v) is 14.1. The Labute approximate surface area is 138 Å². The van der Waals surface area contributed by atoms with Crippen LogP contribution < -0.4 is 0 Å². The summed E-state index contributed by atoms with van der Waals surface area (Å²) in [6, 6.07) is 24.4. The first-order valence-electron chi connectivity index (χ1n) is 8.46. The summed E-state index contributed by atoms with van der Waals surface area (Å²) in [5, 5.41) is 0. The first kappa shape index (κ1) is 14.3. The summed E-state index contributed by atoms with van der Waals surface area (Å²) in [6.45, 7) is 6.98. The van der Waals surface area contributed by atoms with E-state index in [-0.39, 0.29) is 5.41 Å². The lowest BCUT2D eigenvalue weighted by Gasteiger charge is -2.26. The van der Waals surface area contributed by atoms with Crippen LogP contribution in [0.15, 0.2) is 66.7 Å². The summed E-state index contributed by atoms with van der Waals surface area (Å²) < 4.78 is 0. The van der Waals surface area contributed by atoms with Crippen molar-refractivity contribution >= 4 is 0 Å². The van der Waals surface area contributed by atoms with Crippen molar-refractivity contribution in [3.8, 4) is 22.3 Å². The van der Waals surface area contributed by atoms with Crippen LogP contribution in [0.25, 0.3) is 22.3 Å². The summed E-state index contributed by atoms with van der Waals surface area (Å²) in [5.74, 6) is 0. The molecule has 3 aromatic rings. The Morgan fingerprint density at radius 1 is 0.739 bits per heavy atom. The SMILES string of the molecule is CCc1ccc2c(c1-c1ccccc1)C(C)(C)c1ccccc1-2. The molecular formula is C23H22. The molecule has 114 valence electrons. The molecule has 0 spiro atoms. The minimum absolute atomic E-state index is 0.0439. The van der Waals surface area contributed by atoms with Gasteiger partial charge in [0, 0.05) is 5.41 Å². The van der Waals surface area contributed by atoms with Crippen molar-refractivity contribution in [2.75, 3.05) is 0 Å². The molecule has 0 heterocycles. The maximum absolute atomic E-state index is 2.36. The van der Waals surface area contributed by atoms with Gasteiger partial charge in [-0.3, -0.25) is 0 Å². The Bertz CT molecular complexity index is 870. The molecule has 1 aliphatic carbocycles. The second-order valence-corrected chi connectivity index (χ2v) is 6.91. The summed E-state index contributed by atoms with van der Waals surface area (Å²) in [6.07, 6.45) is 1.06. The Balaban J connectivity index is 2.10. The third kappa shape index (κ3) is 1.98. The Morgan fingerprint density at radius 3 is 2.17 bits per heavy atom. The standard InChI is InChI=1S/C23H22/c1-4-16-14-15-19-18-12-8-9-13-20(18)23(2,3)22(19)21(16)17-10-6-5-7-11-17/h5-15H,4H2,1-3H3. The third-order valence-corrected chi connectivity index (χ3v) is 5.25. The number of hydrogen-bond acceptors (Lipinski definition) is 0. The normalized spacial score (nSPS) is 14.4. The van der Waals surface area contributed by atoms with E-state index in [1.807, 2.05) is 0 Å². The van der Waals surface area contributed by atoms with Gasteiger partial charge in [-0.2, -0.15) is 0 Å². The fraction of sp³-hybridized carbons (Fsp3) is 0.217. The van der Waals surface area contributed by atoms with Gasteiger partial charge in [0.25, 0.3) is 0 Å². The van der Waals surface area contributed by atoms with E-state index in [4.69, 9.17) is 0 Å². The molecule has 0 atom stereocenters. The second-order valence-electron chi connectivity index (χ2n) is 6.91. The van der Waals surface area contributed by atoms with Gasteiger partial charge in [-0.1, -0.05) is 87.5 Å². The van der Waals surface area contributed by atoms with Crippen LogP contribution in [0.5, 0.6) is 0 Å². The van der Waals surface area contributed by atoms with E-state index >= 15 is 0 Å². The fourth-order valence-electron chi connectivity index (χ4n) is 4.15. The zero-order valence-electron chi connectivity index (χ0n) is 14.1. The van der Waals surface area contributed by atoms with Crippen molar-refractivity contribution in [1.82, 2.24) is 0 Å². The monoisotopic (exact) mass is 298 g/mol. The van der Waals surface area contributed by atoms with Crippen LogP contribution in [0, 0.1) is 0 Å². The molecule has 4 rings (SSSR count). The van der Waals surface area contributed by atoms with Gasteiger partial charge in [-0.05, 0) is 45.4 Å². The van der Waals surface area contributed by atoms with Crippen molar-refractivity contribution in [2.45, 2.75) is 32.6 Å². The molecule has 0 nitrogen and oxygen atoms in total. The van der Waals surface area contributed by atoms with Gasteiger partial charge in [-0.25, -0.2) is 0 Å². The molecule has 0 bridgehead atoms. The van der Waals surface area contributed by atoms with E-state index < -0.39 is 0 Å². The van der Waals surface area contributed by atoms with E-state index in [0.717, 1.165) is 6.42 Å². The van der Waals surface area contributed by atoms with Gasteiger partial charge in [0.05, 0.1) is 0 Å². The van der Waals surface area contributed by atoms with Crippen molar-refractivity contribution in [1.29, 1.82) is 0 Å². The Kier molecular flexibility index (Phi) is 3.16. The van der Waals surface area contributed by atoms with E-state index in [2.05, 4.69) is 87.5 Å². The molecule has 0 radical (unpaired) electrons. The quantitative estimate of drug-likeness (QED) is 0.526. The van der Waals surface area contributed by atoms with E-state index in [1.54, 1.807) is 0 Å². The van der Waals surface area contributed by atoms with Crippen LogP contribution in [-0.2, 0) is 11.8 Å². The molecule has 23 heavy (non-hydrogen) atoms. The first-order chi connectivity index (χ1) is 11.1. The number of hydrogen-bond donors (Lipinski definition) is 0. The highest BCUT2D eigenvalue weighted by Gasteiger charge is 2.37. The van der Waals surface area contributed by atoms with Gasteiger partial charge in [0.1, 0.15) is 0 Å². The van der Waals surface area contributed by atoms with E-state index in [1.165, 1.54) is 38.9 Å². The molecule has 0 heteroatoms. The van der Waals surface area contributed by atoms with Crippen LogP contribution >= 0.6 is 0 Å². The lowest BCUT2D eigenvalue weighted by atomic mass is 9.77. The van der Waals surface area contributed by atoms with Crippen LogP contribution in [-0.4, -0.2) is 0 Å². The molecule has 0 aromatic heterocycles. The topological polar surface area (TPSA) is 0 Å². The first-order valence-corrected chi connectivity index (χ1v) is 8.46. The molecule has 0 aliphatic heterocycles. The average molecular weight is 298 g/mol. The molecule has 0 N–H and O–H groups in total. The predicted octanol–water partition coefficient (Wildman–Crippen LogP) is 6.22. The molecule has 1 aliphatic rings. The number of aryl methyl sites for hydroxylation is 1. The minimum atomic E-state index is 0.0439. The minimum Gasteiger partial charge on any atom is -0.0622 e. The van der Waals surface area contributed by atoms with Crippen molar-refractivity contribution in [2.24, 2.45) is 0 Å². The van der Waals surface area contributed by atoms with E-state index in [0.29, 0.717) is 0 Å². The Morgan fingerprint density at radius 2 is 1.43 bits per heavy atom. The van der Waals surface area contributed by atoms with Crippen LogP contribution in [0.1, 0.15) is 37.5 Å². The maximum atomic E-state index is 2.36. The number of rotatable bonds is 2. The van der Waals surface area contributed by atoms with Crippen molar-refractivity contribution in [3.63, 3.8) is 0 Å². The molecule has 3 aromatic carbocycles. The maximum Gasteiger partial charge on any atom is 0.0165 e. The molecule has 0 fully saturated rings. The molecule has 0 amide bonds. The zero-order chi connectivity index (χ0) is 16.0. The summed E-state index contributed by atoms with van der Waals surface area (Å²) in [4.78, 5) is 0. The summed E-state index contributed by atoms with van der Waals surface area (Å²) in [7, 11) is 0. The van der Waals surface area contributed by atoms with Gasteiger partial charge in [-0.15, -0.1) is 0 Å². The number of benzene rings is 3. The lowest BCUT2D eigenvalue weighted by molar-refractivity contribution is 0.661. The van der Waals surface area contributed by atoms with Gasteiger partial charge in [0.15, 0.2) is 0 Å². The third-order valence-electron chi connectivity index (χ3n) is 5.25. The van der Waals surface area contributed by atoms with E-state index in [9.17, 15) is 0 Å². The highest BCUT2D eigenvalue weighted by molar-refractivity contribution is 5.89. The average Bonchev–Trinajstić information content (AvgIpc) is 2.83. The van der Waals surface area contributed by atoms with Crippen molar-refractivity contribution < 1.29 is 0 Å². The van der Waals surface area contributed by atoms with Gasteiger partial charge in [0.2, 0.25) is 0 Å². The van der Waals surface area contributed by atoms with Gasteiger partial charge >= 0.3 is 0 Å². The predicted molar refractivity (Wildman–Crippen MR) is 98.8 cm³/mol. The fourth-order valence-corrected chi connectivity index (χ4v) is 4.15. The highest BCUT2D eigenvalue weighted by Crippen LogP contribution is 2.52. The molecule has 0 saturated carbocycles.